The predicted molar refractivity (Wildman–Crippen MR) is 84.3 cm³/mol. The number of aryl methyl sites for hydroxylation is 1. The molecule has 0 saturated heterocycles. The number of amides is 1. The standard InChI is InChI=1S/C18H16N2O2/c1-13-17(22-12-20-13)11-19-18(21)16-9-5-8-15(10-16)14-6-3-2-4-7-14/h2-10,12H,11H2,1H3,(H,19,21). The third-order valence-electron chi connectivity index (χ3n) is 3.49. The first-order chi connectivity index (χ1) is 10.7. The Hall–Kier alpha value is -2.88. The minimum absolute atomic E-state index is 0.131. The van der Waals surface area contributed by atoms with Gasteiger partial charge < -0.3 is 9.73 Å². The summed E-state index contributed by atoms with van der Waals surface area (Å²) in [7, 11) is 0. The second kappa shape index (κ2) is 6.26. The molecule has 0 spiro atoms. The van der Waals surface area contributed by atoms with E-state index >= 15 is 0 Å². The molecule has 0 atom stereocenters. The molecule has 0 unspecified atom stereocenters. The van der Waals surface area contributed by atoms with Gasteiger partial charge in [0, 0.05) is 5.56 Å². The maximum Gasteiger partial charge on any atom is 0.251 e. The summed E-state index contributed by atoms with van der Waals surface area (Å²) in [6.07, 6.45) is 1.38. The number of hydrogen-bond acceptors (Lipinski definition) is 3. The van der Waals surface area contributed by atoms with Gasteiger partial charge in [-0.1, -0.05) is 42.5 Å². The zero-order valence-electron chi connectivity index (χ0n) is 12.2. The fraction of sp³-hybridized carbons (Fsp3) is 0.111. The van der Waals surface area contributed by atoms with E-state index < -0.39 is 0 Å². The molecule has 1 N–H and O–H groups in total. The minimum Gasteiger partial charge on any atom is -0.446 e. The molecule has 3 aromatic rings. The van der Waals surface area contributed by atoms with Crippen LogP contribution in [0.5, 0.6) is 0 Å². The zero-order chi connectivity index (χ0) is 15.4. The van der Waals surface area contributed by atoms with E-state index in [-0.39, 0.29) is 5.91 Å². The lowest BCUT2D eigenvalue weighted by Crippen LogP contribution is -2.22. The quantitative estimate of drug-likeness (QED) is 0.799. The van der Waals surface area contributed by atoms with Crippen LogP contribution in [-0.4, -0.2) is 10.9 Å². The SMILES string of the molecule is Cc1ncoc1CNC(=O)c1cccc(-c2ccccc2)c1. The van der Waals surface area contributed by atoms with Gasteiger partial charge in [0.2, 0.25) is 0 Å². The minimum atomic E-state index is -0.131. The first kappa shape index (κ1) is 14.1. The van der Waals surface area contributed by atoms with Gasteiger partial charge >= 0.3 is 0 Å². The lowest BCUT2D eigenvalue weighted by molar-refractivity contribution is 0.0948. The number of carbonyl (C=O) groups is 1. The number of rotatable bonds is 4. The Balaban J connectivity index is 1.74. The highest BCUT2D eigenvalue weighted by Crippen LogP contribution is 2.20. The van der Waals surface area contributed by atoms with Crippen LogP contribution < -0.4 is 5.32 Å². The van der Waals surface area contributed by atoms with Crippen molar-refractivity contribution in [2.75, 3.05) is 0 Å². The van der Waals surface area contributed by atoms with Crippen molar-refractivity contribution >= 4 is 5.91 Å². The van der Waals surface area contributed by atoms with E-state index in [4.69, 9.17) is 4.42 Å². The molecule has 4 heteroatoms. The molecule has 0 radical (unpaired) electrons. The Labute approximate surface area is 128 Å². The normalized spacial score (nSPS) is 10.4. The number of nitrogens with zero attached hydrogens (tertiary/aromatic N) is 1. The van der Waals surface area contributed by atoms with E-state index in [0.717, 1.165) is 16.8 Å². The van der Waals surface area contributed by atoms with Gasteiger partial charge in [-0.3, -0.25) is 4.79 Å². The lowest BCUT2D eigenvalue weighted by atomic mass is 10.0. The number of aromatic nitrogens is 1. The summed E-state index contributed by atoms with van der Waals surface area (Å²) in [5.74, 6) is 0.543. The van der Waals surface area contributed by atoms with E-state index in [1.807, 2.05) is 55.5 Å². The number of nitrogens with one attached hydrogen (secondary N) is 1. The molecule has 0 fully saturated rings. The second-order valence-corrected chi connectivity index (χ2v) is 4.99. The molecule has 0 bridgehead atoms. The van der Waals surface area contributed by atoms with Crippen LogP contribution in [0.1, 0.15) is 21.8 Å². The van der Waals surface area contributed by atoms with E-state index in [1.165, 1.54) is 6.39 Å². The summed E-state index contributed by atoms with van der Waals surface area (Å²) in [6.45, 7) is 2.18. The fourth-order valence-corrected chi connectivity index (χ4v) is 2.23. The smallest absolute Gasteiger partial charge is 0.251 e. The first-order valence-corrected chi connectivity index (χ1v) is 7.06. The van der Waals surface area contributed by atoms with Crippen LogP contribution in [0.15, 0.2) is 65.4 Å². The molecule has 0 saturated carbocycles. The molecule has 1 amide bonds. The van der Waals surface area contributed by atoms with Gasteiger partial charge in [-0.2, -0.15) is 0 Å². The van der Waals surface area contributed by atoms with Crippen molar-refractivity contribution in [3.8, 4) is 11.1 Å². The molecule has 110 valence electrons. The van der Waals surface area contributed by atoms with Gasteiger partial charge in [0.25, 0.3) is 5.91 Å². The van der Waals surface area contributed by atoms with Crippen LogP contribution in [0.25, 0.3) is 11.1 Å². The molecule has 0 aliphatic carbocycles. The van der Waals surface area contributed by atoms with Gasteiger partial charge in [-0.25, -0.2) is 4.98 Å². The van der Waals surface area contributed by atoms with Crippen LogP contribution in [0.4, 0.5) is 0 Å². The maximum absolute atomic E-state index is 12.3. The summed E-state index contributed by atoms with van der Waals surface area (Å²) < 4.78 is 5.22. The predicted octanol–water partition coefficient (Wildman–Crippen LogP) is 3.58. The summed E-state index contributed by atoms with van der Waals surface area (Å²) in [4.78, 5) is 16.3. The lowest BCUT2D eigenvalue weighted by Gasteiger charge is -2.06. The summed E-state index contributed by atoms with van der Waals surface area (Å²) in [6, 6.07) is 17.5. The molecule has 0 aliphatic rings. The van der Waals surface area contributed by atoms with Crippen LogP contribution in [0, 0.1) is 6.92 Å². The third-order valence-corrected chi connectivity index (χ3v) is 3.49. The first-order valence-electron chi connectivity index (χ1n) is 7.06. The van der Waals surface area contributed by atoms with Gasteiger partial charge in [-0.05, 0) is 30.2 Å². The van der Waals surface area contributed by atoms with Crippen LogP contribution in [-0.2, 0) is 6.54 Å². The summed E-state index contributed by atoms with van der Waals surface area (Å²) in [5, 5.41) is 2.85. The molecule has 1 heterocycles. The van der Waals surface area contributed by atoms with Gasteiger partial charge in [0.15, 0.2) is 6.39 Å². The number of oxazole rings is 1. The van der Waals surface area contributed by atoms with Crippen LogP contribution in [0.3, 0.4) is 0 Å². The molecular weight excluding hydrogens is 276 g/mol. The average molecular weight is 292 g/mol. The highest BCUT2D eigenvalue weighted by molar-refractivity contribution is 5.95. The van der Waals surface area contributed by atoms with E-state index in [9.17, 15) is 4.79 Å². The Kier molecular flexibility index (Phi) is 4.01. The number of hydrogen-bond donors (Lipinski definition) is 1. The number of benzene rings is 2. The fourth-order valence-electron chi connectivity index (χ4n) is 2.23. The molecule has 4 nitrogen and oxygen atoms in total. The third kappa shape index (κ3) is 3.06. The van der Waals surface area contributed by atoms with Crippen LogP contribution >= 0.6 is 0 Å². The van der Waals surface area contributed by atoms with Gasteiger partial charge in [-0.15, -0.1) is 0 Å². The Morgan fingerprint density at radius 1 is 1.09 bits per heavy atom. The van der Waals surface area contributed by atoms with Crippen LogP contribution in [0.2, 0.25) is 0 Å². The van der Waals surface area contributed by atoms with Gasteiger partial charge in [0.05, 0.1) is 12.2 Å². The van der Waals surface area contributed by atoms with Crippen molar-refractivity contribution in [1.82, 2.24) is 10.3 Å². The van der Waals surface area contributed by atoms with E-state index in [2.05, 4.69) is 10.3 Å². The molecule has 0 aliphatic heterocycles. The molecule has 3 rings (SSSR count). The zero-order valence-corrected chi connectivity index (χ0v) is 12.2. The van der Waals surface area contributed by atoms with Crippen molar-refractivity contribution in [2.45, 2.75) is 13.5 Å². The average Bonchev–Trinajstić information content (AvgIpc) is 2.99. The van der Waals surface area contributed by atoms with Crippen molar-refractivity contribution in [1.29, 1.82) is 0 Å². The highest BCUT2D eigenvalue weighted by Gasteiger charge is 2.09. The Morgan fingerprint density at radius 2 is 1.86 bits per heavy atom. The molecule has 22 heavy (non-hydrogen) atoms. The largest absolute Gasteiger partial charge is 0.446 e. The summed E-state index contributed by atoms with van der Waals surface area (Å²) >= 11 is 0. The van der Waals surface area contributed by atoms with Crippen molar-refractivity contribution in [3.63, 3.8) is 0 Å². The molecular formula is C18H16N2O2. The van der Waals surface area contributed by atoms with E-state index in [1.54, 1.807) is 6.07 Å². The van der Waals surface area contributed by atoms with E-state index in [0.29, 0.717) is 17.9 Å². The Morgan fingerprint density at radius 3 is 2.59 bits per heavy atom. The Bertz CT molecular complexity index is 779. The van der Waals surface area contributed by atoms with Crippen molar-refractivity contribution in [2.24, 2.45) is 0 Å². The molecule has 1 aromatic heterocycles. The van der Waals surface area contributed by atoms with Crippen molar-refractivity contribution in [3.05, 3.63) is 78.0 Å². The molecule has 2 aromatic carbocycles. The number of carbonyl (C=O) groups excluding carboxylic acids is 1. The highest BCUT2D eigenvalue weighted by atomic mass is 16.3. The summed E-state index contributed by atoms with van der Waals surface area (Å²) in [5.41, 5.74) is 3.52. The second-order valence-electron chi connectivity index (χ2n) is 4.99. The maximum atomic E-state index is 12.3. The monoisotopic (exact) mass is 292 g/mol. The van der Waals surface area contributed by atoms with Gasteiger partial charge in [0.1, 0.15) is 5.76 Å². The van der Waals surface area contributed by atoms with Crippen molar-refractivity contribution < 1.29 is 9.21 Å². The topological polar surface area (TPSA) is 55.1 Å².